The number of rotatable bonds is 3. The molecule has 1 aromatic rings. The maximum absolute atomic E-state index is 4.10. The van der Waals surface area contributed by atoms with Crippen molar-refractivity contribution >= 4 is 27.3 Å². The van der Waals surface area contributed by atoms with Crippen LogP contribution in [0.3, 0.4) is 0 Å². The lowest BCUT2D eigenvalue weighted by atomic mass is 10.1. The van der Waals surface area contributed by atoms with Gasteiger partial charge in [-0.15, -0.1) is 11.3 Å². The van der Waals surface area contributed by atoms with Gasteiger partial charge in [-0.1, -0.05) is 13.8 Å². The topological polar surface area (TPSA) is 37.0 Å². The van der Waals surface area contributed by atoms with Crippen LogP contribution < -0.4 is 10.9 Å². The number of nitrogens with one attached hydrogen (secondary N) is 2. The van der Waals surface area contributed by atoms with Crippen molar-refractivity contribution in [1.82, 2.24) is 15.8 Å². The number of halogens is 1. The van der Waals surface area contributed by atoms with Crippen LogP contribution in [0, 0.1) is 0 Å². The highest BCUT2D eigenvalue weighted by atomic mass is 79.9. The third kappa shape index (κ3) is 7.90. The van der Waals surface area contributed by atoms with Crippen molar-refractivity contribution in [3.8, 4) is 0 Å². The molecule has 1 aromatic heterocycles. The van der Waals surface area contributed by atoms with E-state index in [-0.39, 0.29) is 5.54 Å². The molecule has 0 aliphatic carbocycles. The first-order valence-corrected chi connectivity index (χ1v) is 6.68. The number of hydrazine groups is 1. The first-order valence-electron chi connectivity index (χ1n) is 5.07. The zero-order valence-corrected chi connectivity index (χ0v) is 12.4. The second kappa shape index (κ2) is 7.33. The number of thiazole rings is 1. The van der Waals surface area contributed by atoms with Crippen molar-refractivity contribution in [3.63, 3.8) is 0 Å². The Kier molecular flexibility index (Phi) is 7.34. The maximum atomic E-state index is 4.10. The first kappa shape index (κ1) is 15.0. The summed E-state index contributed by atoms with van der Waals surface area (Å²) in [5, 5.41) is 0. The molecule has 1 rings (SSSR count). The number of hydrogen-bond acceptors (Lipinski definition) is 4. The second-order valence-corrected chi connectivity index (χ2v) is 6.20. The minimum absolute atomic E-state index is 0.0991. The molecule has 15 heavy (non-hydrogen) atoms. The van der Waals surface area contributed by atoms with Crippen LogP contribution in [-0.2, 0) is 6.54 Å². The summed E-state index contributed by atoms with van der Waals surface area (Å²) in [6, 6.07) is 0. The van der Waals surface area contributed by atoms with Crippen LogP contribution in [0.15, 0.2) is 10.1 Å². The summed E-state index contributed by atoms with van der Waals surface area (Å²) in [5.74, 6) is 0. The quantitative estimate of drug-likeness (QED) is 0.840. The number of hydrogen-bond donors (Lipinski definition) is 2. The Morgan fingerprint density at radius 2 is 2.00 bits per heavy atom. The lowest BCUT2D eigenvalue weighted by Gasteiger charge is -2.20. The van der Waals surface area contributed by atoms with Crippen LogP contribution in [-0.4, -0.2) is 10.5 Å². The van der Waals surface area contributed by atoms with Crippen molar-refractivity contribution in [2.24, 2.45) is 0 Å². The molecule has 0 radical (unpaired) electrons. The minimum atomic E-state index is 0.0991. The van der Waals surface area contributed by atoms with E-state index in [4.69, 9.17) is 0 Å². The molecular formula is C10H20BrN3S. The molecule has 0 saturated carbocycles. The molecule has 0 amide bonds. The van der Waals surface area contributed by atoms with Crippen molar-refractivity contribution in [2.45, 2.75) is 46.7 Å². The normalized spacial score (nSPS) is 10.8. The fraction of sp³-hybridized carbons (Fsp3) is 0.700. The summed E-state index contributed by atoms with van der Waals surface area (Å²) in [6.45, 7) is 11.1. The highest BCUT2D eigenvalue weighted by Crippen LogP contribution is 2.17. The molecule has 0 spiro atoms. The molecule has 0 aliphatic rings. The predicted octanol–water partition coefficient (Wildman–Crippen LogP) is 3.32. The molecule has 88 valence electrons. The molecule has 0 saturated heterocycles. The molecule has 0 bridgehead atoms. The molecule has 0 unspecified atom stereocenters. The standard InChI is InChI=1S/C8H14BrN3S.C2H6/c1-8(2,3)12-11-5-6-4-10-7(9)13-6;1-2/h4,11-12H,5H2,1-3H3;1-2H3. The third-order valence-corrected chi connectivity index (χ3v) is 2.73. The molecule has 3 nitrogen and oxygen atoms in total. The van der Waals surface area contributed by atoms with Crippen LogP contribution in [0.5, 0.6) is 0 Å². The van der Waals surface area contributed by atoms with E-state index in [9.17, 15) is 0 Å². The summed E-state index contributed by atoms with van der Waals surface area (Å²) in [7, 11) is 0. The maximum Gasteiger partial charge on any atom is 0.159 e. The van der Waals surface area contributed by atoms with Gasteiger partial charge < -0.3 is 0 Å². The third-order valence-electron chi connectivity index (χ3n) is 1.25. The molecule has 0 aromatic carbocycles. The highest BCUT2D eigenvalue weighted by molar-refractivity contribution is 9.11. The van der Waals surface area contributed by atoms with Gasteiger partial charge in [0.2, 0.25) is 0 Å². The van der Waals surface area contributed by atoms with E-state index >= 15 is 0 Å². The van der Waals surface area contributed by atoms with Gasteiger partial charge in [-0.2, -0.15) is 0 Å². The van der Waals surface area contributed by atoms with E-state index in [1.54, 1.807) is 11.3 Å². The van der Waals surface area contributed by atoms with Gasteiger partial charge in [-0.3, -0.25) is 10.9 Å². The van der Waals surface area contributed by atoms with Crippen molar-refractivity contribution in [3.05, 3.63) is 15.0 Å². The van der Waals surface area contributed by atoms with Crippen molar-refractivity contribution < 1.29 is 0 Å². The predicted molar refractivity (Wildman–Crippen MR) is 70.9 cm³/mol. The van der Waals surface area contributed by atoms with Crippen LogP contribution in [0.1, 0.15) is 39.5 Å². The van der Waals surface area contributed by atoms with E-state index < -0.39 is 0 Å². The first-order chi connectivity index (χ1) is 6.97. The van der Waals surface area contributed by atoms with E-state index in [2.05, 4.69) is 52.5 Å². The van der Waals surface area contributed by atoms with Gasteiger partial charge in [0.05, 0.1) is 0 Å². The van der Waals surface area contributed by atoms with E-state index in [0.717, 1.165) is 10.5 Å². The lowest BCUT2D eigenvalue weighted by molar-refractivity contribution is 0.356. The van der Waals surface area contributed by atoms with Gasteiger partial charge in [-0.05, 0) is 36.7 Å². The van der Waals surface area contributed by atoms with Crippen LogP contribution in [0.25, 0.3) is 0 Å². The fourth-order valence-electron chi connectivity index (χ4n) is 0.762. The Morgan fingerprint density at radius 3 is 2.40 bits per heavy atom. The van der Waals surface area contributed by atoms with Crippen LogP contribution >= 0.6 is 27.3 Å². The lowest BCUT2D eigenvalue weighted by Crippen LogP contribution is -2.45. The summed E-state index contributed by atoms with van der Waals surface area (Å²) in [6.07, 6.45) is 1.87. The Labute approximate surface area is 105 Å². The highest BCUT2D eigenvalue weighted by Gasteiger charge is 2.07. The smallest absolute Gasteiger partial charge is 0.159 e. The van der Waals surface area contributed by atoms with Crippen LogP contribution in [0.2, 0.25) is 0 Å². The SMILES string of the molecule is CC.CC(C)(C)NNCc1cnc(Br)s1. The van der Waals surface area contributed by atoms with Crippen molar-refractivity contribution in [1.29, 1.82) is 0 Å². The zero-order valence-electron chi connectivity index (χ0n) is 10.0. The molecule has 1 heterocycles. The molecule has 5 heteroatoms. The number of aromatic nitrogens is 1. The monoisotopic (exact) mass is 293 g/mol. The summed E-state index contributed by atoms with van der Waals surface area (Å²) in [5.41, 5.74) is 6.45. The van der Waals surface area contributed by atoms with Gasteiger partial charge >= 0.3 is 0 Å². The van der Waals surface area contributed by atoms with Gasteiger partial charge in [0.25, 0.3) is 0 Å². The van der Waals surface area contributed by atoms with Gasteiger partial charge in [0.15, 0.2) is 3.92 Å². The average Bonchev–Trinajstić information content (AvgIpc) is 2.53. The Hall–Kier alpha value is 0.0300. The fourth-order valence-corrected chi connectivity index (χ4v) is 2.06. The Morgan fingerprint density at radius 1 is 1.40 bits per heavy atom. The number of nitrogens with zero attached hydrogens (tertiary/aromatic N) is 1. The summed E-state index contributed by atoms with van der Waals surface area (Å²) in [4.78, 5) is 5.31. The van der Waals surface area contributed by atoms with Crippen molar-refractivity contribution in [2.75, 3.05) is 0 Å². The Balaban J connectivity index is 0.000000921. The average molecular weight is 294 g/mol. The van der Waals surface area contributed by atoms with Gasteiger partial charge in [-0.25, -0.2) is 4.98 Å². The van der Waals surface area contributed by atoms with Gasteiger partial charge in [0, 0.05) is 23.2 Å². The van der Waals surface area contributed by atoms with E-state index in [0.29, 0.717) is 0 Å². The van der Waals surface area contributed by atoms with E-state index in [1.165, 1.54) is 4.88 Å². The minimum Gasteiger partial charge on any atom is -0.252 e. The summed E-state index contributed by atoms with van der Waals surface area (Å²) < 4.78 is 0.931. The summed E-state index contributed by atoms with van der Waals surface area (Å²) >= 11 is 4.96. The molecule has 2 N–H and O–H groups in total. The van der Waals surface area contributed by atoms with Gasteiger partial charge in [0.1, 0.15) is 0 Å². The molecule has 0 atom stereocenters. The second-order valence-electron chi connectivity index (χ2n) is 3.81. The zero-order chi connectivity index (χ0) is 11.9. The largest absolute Gasteiger partial charge is 0.252 e. The Bertz CT molecular complexity index is 268. The molecule has 0 aliphatic heterocycles. The van der Waals surface area contributed by atoms with E-state index in [1.807, 2.05) is 20.0 Å². The molecular weight excluding hydrogens is 274 g/mol. The van der Waals surface area contributed by atoms with Crippen LogP contribution in [0.4, 0.5) is 0 Å². The molecule has 0 fully saturated rings.